The molecule has 1 aliphatic carbocycles. The van der Waals surface area contributed by atoms with E-state index in [9.17, 15) is 9.59 Å². The summed E-state index contributed by atoms with van der Waals surface area (Å²) in [6.45, 7) is 1.93. The minimum absolute atomic E-state index is 0.145. The van der Waals surface area contributed by atoms with E-state index in [0.717, 1.165) is 24.3 Å². The molecule has 0 unspecified atom stereocenters. The van der Waals surface area contributed by atoms with Gasteiger partial charge in [0.25, 0.3) is 0 Å². The molecule has 0 radical (unpaired) electrons. The third kappa shape index (κ3) is 4.71. The zero-order chi connectivity index (χ0) is 17.6. The number of carbonyl (C=O) groups excluding carboxylic acids is 2. The summed E-state index contributed by atoms with van der Waals surface area (Å²) < 4.78 is 5.11. The molecule has 1 aromatic carbocycles. The van der Waals surface area contributed by atoms with Crippen LogP contribution in [0.1, 0.15) is 24.8 Å². The van der Waals surface area contributed by atoms with Gasteiger partial charge in [0.2, 0.25) is 11.8 Å². The first-order chi connectivity index (χ1) is 11.5. The molecule has 0 spiro atoms. The summed E-state index contributed by atoms with van der Waals surface area (Å²) in [5, 5.41) is 5.77. The van der Waals surface area contributed by atoms with Crippen LogP contribution in [0, 0.1) is 5.41 Å². The van der Waals surface area contributed by atoms with Crippen molar-refractivity contribution in [1.82, 2.24) is 15.5 Å². The van der Waals surface area contributed by atoms with Crippen LogP contribution in [0.3, 0.4) is 0 Å². The van der Waals surface area contributed by atoms with Gasteiger partial charge < -0.3 is 20.3 Å². The van der Waals surface area contributed by atoms with Gasteiger partial charge in [-0.1, -0.05) is 12.1 Å². The van der Waals surface area contributed by atoms with E-state index in [1.807, 2.05) is 38.4 Å². The molecule has 2 N–H and O–H groups in total. The number of nitrogens with one attached hydrogen (secondary N) is 2. The molecule has 132 valence electrons. The first kappa shape index (κ1) is 18.3. The lowest BCUT2D eigenvalue weighted by Gasteiger charge is -2.16. The van der Waals surface area contributed by atoms with E-state index in [0.29, 0.717) is 25.9 Å². The van der Waals surface area contributed by atoms with Gasteiger partial charge in [0.15, 0.2) is 0 Å². The summed E-state index contributed by atoms with van der Waals surface area (Å²) in [6, 6.07) is 7.51. The summed E-state index contributed by atoms with van der Waals surface area (Å²) >= 11 is 0. The highest BCUT2D eigenvalue weighted by atomic mass is 16.5. The monoisotopic (exact) mass is 333 g/mol. The maximum atomic E-state index is 12.4. The van der Waals surface area contributed by atoms with Crippen molar-refractivity contribution in [3.8, 4) is 5.75 Å². The standard InChI is InChI=1S/C18H27N3O3/c1-21(2)12-4-11-19-16(22)18(9-10-18)17(23)20-13-14-5-7-15(24-3)8-6-14/h5-8H,4,9-13H2,1-3H3,(H,19,22)(H,20,23). The predicted molar refractivity (Wildman–Crippen MR) is 92.7 cm³/mol. The van der Waals surface area contributed by atoms with Crippen molar-refractivity contribution in [2.75, 3.05) is 34.3 Å². The minimum Gasteiger partial charge on any atom is -0.497 e. The fourth-order valence-corrected chi connectivity index (χ4v) is 2.54. The van der Waals surface area contributed by atoms with Crippen molar-refractivity contribution < 1.29 is 14.3 Å². The lowest BCUT2D eigenvalue weighted by atomic mass is 10.0. The van der Waals surface area contributed by atoms with Gasteiger partial charge in [-0.3, -0.25) is 9.59 Å². The Balaban J connectivity index is 1.78. The van der Waals surface area contributed by atoms with Crippen LogP contribution >= 0.6 is 0 Å². The molecule has 1 saturated carbocycles. The van der Waals surface area contributed by atoms with Crippen LogP contribution in [0.15, 0.2) is 24.3 Å². The van der Waals surface area contributed by atoms with Crippen molar-refractivity contribution in [1.29, 1.82) is 0 Å². The highest BCUT2D eigenvalue weighted by molar-refractivity contribution is 6.07. The molecule has 0 atom stereocenters. The molecule has 1 aliphatic rings. The highest BCUT2D eigenvalue weighted by Crippen LogP contribution is 2.46. The Morgan fingerprint density at radius 2 is 1.75 bits per heavy atom. The lowest BCUT2D eigenvalue weighted by Crippen LogP contribution is -2.43. The van der Waals surface area contributed by atoms with Crippen molar-refractivity contribution >= 4 is 11.8 Å². The van der Waals surface area contributed by atoms with E-state index in [4.69, 9.17) is 4.74 Å². The zero-order valence-corrected chi connectivity index (χ0v) is 14.7. The predicted octanol–water partition coefficient (Wildman–Crippen LogP) is 1.16. The van der Waals surface area contributed by atoms with E-state index in [2.05, 4.69) is 15.5 Å². The number of carbonyl (C=O) groups is 2. The quantitative estimate of drug-likeness (QED) is 0.525. The number of hydrogen-bond acceptors (Lipinski definition) is 4. The molecule has 2 amide bonds. The maximum absolute atomic E-state index is 12.4. The number of nitrogens with zero attached hydrogens (tertiary/aromatic N) is 1. The normalized spacial score (nSPS) is 15.0. The largest absolute Gasteiger partial charge is 0.497 e. The van der Waals surface area contributed by atoms with Crippen molar-refractivity contribution in [2.45, 2.75) is 25.8 Å². The number of amides is 2. The average Bonchev–Trinajstić information content (AvgIpc) is 3.38. The van der Waals surface area contributed by atoms with Gasteiger partial charge in [-0.2, -0.15) is 0 Å². The minimum atomic E-state index is -0.857. The van der Waals surface area contributed by atoms with Gasteiger partial charge in [0, 0.05) is 13.1 Å². The SMILES string of the molecule is COc1ccc(CNC(=O)C2(C(=O)NCCCN(C)C)CC2)cc1. The van der Waals surface area contributed by atoms with Crippen molar-refractivity contribution in [3.05, 3.63) is 29.8 Å². The van der Waals surface area contributed by atoms with Gasteiger partial charge >= 0.3 is 0 Å². The Morgan fingerprint density at radius 1 is 1.12 bits per heavy atom. The van der Waals surface area contributed by atoms with E-state index in [1.54, 1.807) is 7.11 Å². The molecule has 0 aromatic heterocycles. The highest BCUT2D eigenvalue weighted by Gasteiger charge is 2.56. The van der Waals surface area contributed by atoms with E-state index >= 15 is 0 Å². The van der Waals surface area contributed by atoms with Crippen LogP contribution in [0.25, 0.3) is 0 Å². The fraction of sp³-hybridized carbons (Fsp3) is 0.556. The van der Waals surface area contributed by atoms with Crippen LogP contribution < -0.4 is 15.4 Å². The molecular formula is C18H27N3O3. The van der Waals surface area contributed by atoms with E-state index in [-0.39, 0.29) is 11.8 Å². The second-order valence-electron chi connectivity index (χ2n) is 6.53. The van der Waals surface area contributed by atoms with Gasteiger partial charge in [0.1, 0.15) is 11.2 Å². The first-order valence-electron chi connectivity index (χ1n) is 8.32. The third-order valence-corrected chi connectivity index (χ3v) is 4.30. The maximum Gasteiger partial charge on any atom is 0.235 e. The second-order valence-corrected chi connectivity index (χ2v) is 6.53. The van der Waals surface area contributed by atoms with E-state index in [1.165, 1.54) is 0 Å². The summed E-state index contributed by atoms with van der Waals surface area (Å²) in [7, 11) is 5.61. The molecule has 0 aliphatic heterocycles. The molecule has 1 aromatic rings. The summed E-state index contributed by atoms with van der Waals surface area (Å²) in [6.07, 6.45) is 2.13. The number of hydrogen-bond donors (Lipinski definition) is 2. The first-order valence-corrected chi connectivity index (χ1v) is 8.32. The van der Waals surface area contributed by atoms with Gasteiger partial charge in [-0.05, 0) is 57.6 Å². The number of rotatable bonds is 9. The summed E-state index contributed by atoms with van der Waals surface area (Å²) in [5.74, 6) is 0.456. The molecular weight excluding hydrogens is 306 g/mol. The molecule has 0 bridgehead atoms. The Hall–Kier alpha value is -2.08. The van der Waals surface area contributed by atoms with Gasteiger partial charge in [0.05, 0.1) is 7.11 Å². The van der Waals surface area contributed by atoms with E-state index < -0.39 is 5.41 Å². The smallest absolute Gasteiger partial charge is 0.235 e. The summed E-state index contributed by atoms with van der Waals surface area (Å²) in [5.41, 5.74) is 0.122. The van der Waals surface area contributed by atoms with Crippen molar-refractivity contribution in [3.63, 3.8) is 0 Å². The Kier molecular flexibility index (Phi) is 6.20. The topological polar surface area (TPSA) is 70.7 Å². The van der Waals surface area contributed by atoms with Gasteiger partial charge in [-0.15, -0.1) is 0 Å². The molecule has 0 heterocycles. The lowest BCUT2D eigenvalue weighted by molar-refractivity contribution is -0.137. The molecule has 6 heteroatoms. The van der Waals surface area contributed by atoms with Gasteiger partial charge in [-0.25, -0.2) is 0 Å². The molecule has 0 saturated heterocycles. The average molecular weight is 333 g/mol. The number of methoxy groups -OCH3 is 1. The Bertz CT molecular complexity index is 565. The molecule has 1 fully saturated rings. The summed E-state index contributed by atoms with van der Waals surface area (Å²) in [4.78, 5) is 26.8. The Labute approximate surface area is 143 Å². The molecule has 24 heavy (non-hydrogen) atoms. The number of benzene rings is 1. The van der Waals surface area contributed by atoms with Crippen LogP contribution in [-0.2, 0) is 16.1 Å². The third-order valence-electron chi connectivity index (χ3n) is 4.30. The fourth-order valence-electron chi connectivity index (χ4n) is 2.54. The van der Waals surface area contributed by atoms with Crippen molar-refractivity contribution in [2.24, 2.45) is 5.41 Å². The second kappa shape index (κ2) is 8.15. The Morgan fingerprint density at radius 3 is 2.29 bits per heavy atom. The zero-order valence-electron chi connectivity index (χ0n) is 14.7. The number of ether oxygens (including phenoxy) is 1. The molecule has 6 nitrogen and oxygen atoms in total. The van der Waals surface area contributed by atoms with Crippen LogP contribution in [0.4, 0.5) is 0 Å². The molecule has 2 rings (SSSR count). The van der Waals surface area contributed by atoms with Crippen LogP contribution in [0.2, 0.25) is 0 Å². The van der Waals surface area contributed by atoms with Crippen LogP contribution in [0.5, 0.6) is 5.75 Å². The van der Waals surface area contributed by atoms with Crippen LogP contribution in [-0.4, -0.2) is 51.0 Å².